The third-order valence-corrected chi connectivity index (χ3v) is 3.52. The van der Waals surface area contributed by atoms with Gasteiger partial charge in [-0.05, 0) is 42.9 Å². The summed E-state index contributed by atoms with van der Waals surface area (Å²) in [4.78, 5) is 11.4. The number of carboxylic acids is 1. The highest BCUT2D eigenvalue weighted by molar-refractivity contribution is 5.70. The van der Waals surface area contributed by atoms with E-state index in [-0.39, 0.29) is 11.7 Å². The summed E-state index contributed by atoms with van der Waals surface area (Å²) in [6, 6.07) is 6.06. The van der Waals surface area contributed by atoms with Gasteiger partial charge in [-0.3, -0.25) is 4.79 Å². The van der Waals surface area contributed by atoms with E-state index in [9.17, 15) is 14.3 Å². The van der Waals surface area contributed by atoms with Gasteiger partial charge in [0.2, 0.25) is 0 Å². The molecule has 1 atom stereocenters. The Balaban J connectivity index is 2.05. The van der Waals surface area contributed by atoms with Crippen molar-refractivity contribution in [3.05, 3.63) is 35.6 Å². The molecule has 1 aliphatic heterocycles. The molecule has 1 aromatic carbocycles. The normalized spacial score (nSPS) is 18.5. The zero-order chi connectivity index (χ0) is 13.0. The number of aliphatic carboxylic acids is 1. The van der Waals surface area contributed by atoms with E-state index in [1.807, 2.05) is 0 Å². The molecule has 2 rings (SSSR count). The van der Waals surface area contributed by atoms with Gasteiger partial charge in [0.25, 0.3) is 0 Å². The quantitative estimate of drug-likeness (QED) is 0.895. The van der Waals surface area contributed by atoms with Crippen LogP contribution in [0.1, 0.15) is 18.4 Å². The summed E-state index contributed by atoms with van der Waals surface area (Å²) >= 11 is 0. The second-order valence-corrected chi connectivity index (χ2v) is 4.73. The Hall–Kier alpha value is -1.42. The number of carbonyl (C=O) groups is 1. The second kappa shape index (κ2) is 5.96. The molecule has 0 bridgehead atoms. The van der Waals surface area contributed by atoms with E-state index in [1.54, 1.807) is 12.1 Å². The maximum atomic E-state index is 12.8. The standard InChI is InChI=1S/C14H17FO3/c15-12-3-1-10(2-4-12)9-13(14(16)17)11-5-7-18-8-6-11/h1-4,11,13H,5-9H2,(H,16,17). The molecule has 18 heavy (non-hydrogen) atoms. The van der Waals surface area contributed by atoms with E-state index in [0.29, 0.717) is 19.6 Å². The molecule has 0 radical (unpaired) electrons. The predicted octanol–water partition coefficient (Wildman–Crippen LogP) is 2.50. The molecule has 98 valence electrons. The van der Waals surface area contributed by atoms with E-state index >= 15 is 0 Å². The van der Waals surface area contributed by atoms with Crippen molar-refractivity contribution in [1.29, 1.82) is 0 Å². The van der Waals surface area contributed by atoms with Crippen molar-refractivity contribution in [3.63, 3.8) is 0 Å². The number of carboxylic acid groups (broad SMARTS) is 1. The van der Waals surface area contributed by atoms with Crippen LogP contribution in [0.25, 0.3) is 0 Å². The van der Waals surface area contributed by atoms with Gasteiger partial charge < -0.3 is 9.84 Å². The topological polar surface area (TPSA) is 46.5 Å². The first-order valence-corrected chi connectivity index (χ1v) is 6.22. The van der Waals surface area contributed by atoms with E-state index < -0.39 is 11.9 Å². The van der Waals surface area contributed by atoms with Gasteiger partial charge in [-0.15, -0.1) is 0 Å². The molecule has 4 heteroatoms. The molecule has 1 saturated heterocycles. The minimum absolute atomic E-state index is 0.154. The van der Waals surface area contributed by atoms with Crippen LogP contribution in [0, 0.1) is 17.7 Å². The highest BCUT2D eigenvalue weighted by Crippen LogP contribution is 2.27. The fourth-order valence-corrected chi connectivity index (χ4v) is 2.45. The molecule has 0 saturated carbocycles. The van der Waals surface area contributed by atoms with Crippen LogP contribution in [0.2, 0.25) is 0 Å². The number of ether oxygens (including phenoxy) is 1. The Morgan fingerprint density at radius 3 is 2.50 bits per heavy atom. The number of hydrogen-bond donors (Lipinski definition) is 1. The van der Waals surface area contributed by atoms with Gasteiger partial charge in [0.1, 0.15) is 5.82 Å². The first-order valence-electron chi connectivity index (χ1n) is 6.22. The number of rotatable bonds is 4. The Bertz CT molecular complexity index is 396. The molecular weight excluding hydrogens is 235 g/mol. The summed E-state index contributed by atoms with van der Waals surface area (Å²) in [6.45, 7) is 1.27. The summed E-state index contributed by atoms with van der Waals surface area (Å²) in [6.07, 6.45) is 2.04. The van der Waals surface area contributed by atoms with Crippen LogP contribution in [0.3, 0.4) is 0 Å². The van der Waals surface area contributed by atoms with Crippen LogP contribution >= 0.6 is 0 Å². The maximum absolute atomic E-state index is 12.8. The van der Waals surface area contributed by atoms with Gasteiger partial charge in [0.05, 0.1) is 5.92 Å². The molecule has 1 unspecified atom stereocenters. The first-order chi connectivity index (χ1) is 8.66. The van der Waals surface area contributed by atoms with Crippen LogP contribution in [-0.2, 0) is 16.0 Å². The summed E-state index contributed by atoms with van der Waals surface area (Å²) < 4.78 is 18.1. The molecule has 0 aromatic heterocycles. The van der Waals surface area contributed by atoms with E-state index in [4.69, 9.17) is 4.74 Å². The van der Waals surface area contributed by atoms with Crippen molar-refractivity contribution < 1.29 is 19.0 Å². The summed E-state index contributed by atoms with van der Waals surface area (Å²) in [5.74, 6) is -1.32. The average Bonchev–Trinajstić information content (AvgIpc) is 2.38. The Labute approximate surface area is 106 Å². The molecule has 1 N–H and O–H groups in total. The van der Waals surface area contributed by atoms with Crippen molar-refractivity contribution in [2.75, 3.05) is 13.2 Å². The van der Waals surface area contributed by atoms with Crippen molar-refractivity contribution in [2.24, 2.45) is 11.8 Å². The lowest BCUT2D eigenvalue weighted by Crippen LogP contribution is -2.30. The van der Waals surface area contributed by atoms with E-state index in [0.717, 1.165) is 18.4 Å². The SMILES string of the molecule is O=C(O)C(Cc1ccc(F)cc1)C1CCOCC1. The molecule has 0 aliphatic carbocycles. The van der Waals surface area contributed by atoms with E-state index in [2.05, 4.69) is 0 Å². The molecule has 3 nitrogen and oxygen atoms in total. The van der Waals surface area contributed by atoms with Gasteiger partial charge >= 0.3 is 5.97 Å². The lowest BCUT2D eigenvalue weighted by molar-refractivity contribution is -0.145. The third-order valence-electron chi connectivity index (χ3n) is 3.52. The molecule has 0 spiro atoms. The predicted molar refractivity (Wildman–Crippen MR) is 64.8 cm³/mol. The van der Waals surface area contributed by atoms with Crippen molar-refractivity contribution in [2.45, 2.75) is 19.3 Å². The molecule has 1 aromatic rings. The highest BCUT2D eigenvalue weighted by atomic mass is 19.1. The highest BCUT2D eigenvalue weighted by Gasteiger charge is 2.29. The van der Waals surface area contributed by atoms with Gasteiger partial charge in [-0.2, -0.15) is 0 Å². The molecule has 1 heterocycles. The monoisotopic (exact) mass is 252 g/mol. The minimum atomic E-state index is -0.772. The van der Waals surface area contributed by atoms with Gasteiger partial charge in [0, 0.05) is 13.2 Å². The second-order valence-electron chi connectivity index (χ2n) is 4.73. The van der Waals surface area contributed by atoms with Crippen LogP contribution in [0.4, 0.5) is 4.39 Å². The van der Waals surface area contributed by atoms with Crippen LogP contribution in [-0.4, -0.2) is 24.3 Å². The maximum Gasteiger partial charge on any atom is 0.307 e. The Morgan fingerprint density at radius 1 is 1.33 bits per heavy atom. The lowest BCUT2D eigenvalue weighted by atomic mass is 9.82. The summed E-state index contributed by atoms with van der Waals surface area (Å²) in [5.41, 5.74) is 0.871. The van der Waals surface area contributed by atoms with Gasteiger partial charge in [-0.1, -0.05) is 12.1 Å². The summed E-state index contributed by atoms with van der Waals surface area (Å²) in [7, 11) is 0. The summed E-state index contributed by atoms with van der Waals surface area (Å²) in [5, 5.41) is 9.33. The largest absolute Gasteiger partial charge is 0.481 e. The Morgan fingerprint density at radius 2 is 1.94 bits per heavy atom. The molecule has 1 aliphatic rings. The third kappa shape index (κ3) is 3.29. The zero-order valence-corrected chi connectivity index (χ0v) is 10.1. The van der Waals surface area contributed by atoms with Gasteiger partial charge in [-0.25, -0.2) is 4.39 Å². The number of halogens is 1. The average molecular weight is 252 g/mol. The Kier molecular flexibility index (Phi) is 4.31. The van der Waals surface area contributed by atoms with Crippen LogP contribution in [0.15, 0.2) is 24.3 Å². The van der Waals surface area contributed by atoms with Crippen LogP contribution in [0.5, 0.6) is 0 Å². The van der Waals surface area contributed by atoms with Crippen molar-refractivity contribution in [3.8, 4) is 0 Å². The minimum Gasteiger partial charge on any atom is -0.481 e. The fraction of sp³-hybridized carbons (Fsp3) is 0.500. The number of hydrogen-bond acceptors (Lipinski definition) is 2. The van der Waals surface area contributed by atoms with E-state index in [1.165, 1.54) is 12.1 Å². The van der Waals surface area contributed by atoms with Gasteiger partial charge in [0.15, 0.2) is 0 Å². The molecule has 1 fully saturated rings. The molecule has 0 amide bonds. The zero-order valence-electron chi connectivity index (χ0n) is 10.1. The lowest BCUT2D eigenvalue weighted by Gasteiger charge is -2.27. The first kappa shape index (κ1) is 13.0. The van der Waals surface area contributed by atoms with Crippen molar-refractivity contribution in [1.82, 2.24) is 0 Å². The number of benzene rings is 1. The van der Waals surface area contributed by atoms with Crippen LogP contribution < -0.4 is 0 Å². The van der Waals surface area contributed by atoms with Crippen molar-refractivity contribution >= 4 is 5.97 Å². The molecular formula is C14H17FO3. The smallest absolute Gasteiger partial charge is 0.307 e. The fourth-order valence-electron chi connectivity index (χ4n) is 2.45.